The number of hydrogen-bond acceptors (Lipinski definition) is 5. The van der Waals surface area contributed by atoms with Gasteiger partial charge in [0.15, 0.2) is 0 Å². The van der Waals surface area contributed by atoms with Crippen LogP contribution in [0.5, 0.6) is 5.88 Å². The average Bonchev–Trinajstić information content (AvgIpc) is 2.60. The van der Waals surface area contributed by atoms with Gasteiger partial charge < -0.3 is 19.3 Å². The second kappa shape index (κ2) is 7.49. The summed E-state index contributed by atoms with van der Waals surface area (Å²) >= 11 is 0. The standard InChI is InChI=1S/C18H27N3O3/c1-20(2)12-17(22)21-10-7-15-18(13-21,8-5-11-23-15)14-24-16-6-3-4-9-19-16/h3-4,6,9,15H,5,7-8,10-14H2,1-2H3/t15-,18-/m0/s1. The summed E-state index contributed by atoms with van der Waals surface area (Å²) in [5.41, 5.74) is -0.129. The summed E-state index contributed by atoms with van der Waals surface area (Å²) in [4.78, 5) is 20.6. The van der Waals surface area contributed by atoms with E-state index in [4.69, 9.17) is 9.47 Å². The summed E-state index contributed by atoms with van der Waals surface area (Å²) in [7, 11) is 3.85. The summed E-state index contributed by atoms with van der Waals surface area (Å²) in [5, 5.41) is 0. The number of piperidine rings is 1. The minimum Gasteiger partial charge on any atom is -0.477 e. The van der Waals surface area contributed by atoms with Crippen LogP contribution in [-0.2, 0) is 9.53 Å². The molecule has 6 heteroatoms. The molecule has 3 heterocycles. The second-order valence-corrected chi connectivity index (χ2v) is 7.12. The molecule has 1 amide bonds. The Morgan fingerprint density at radius 3 is 3.12 bits per heavy atom. The molecule has 2 fully saturated rings. The molecule has 2 aliphatic rings. The molecule has 3 rings (SSSR count). The molecule has 2 aliphatic heterocycles. The van der Waals surface area contributed by atoms with Crippen LogP contribution in [0.15, 0.2) is 24.4 Å². The Hall–Kier alpha value is -1.66. The molecule has 0 bridgehead atoms. The second-order valence-electron chi connectivity index (χ2n) is 7.12. The number of carbonyl (C=O) groups excluding carboxylic acids is 1. The third kappa shape index (κ3) is 3.87. The summed E-state index contributed by atoms with van der Waals surface area (Å²) in [6.45, 7) is 3.27. The predicted octanol–water partition coefficient (Wildman–Crippen LogP) is 1.42. The first kappa shape index (κ1) is 17.2. The predicted molar refractivity (Wildman–Crippen MR) is 90.9 cm³/mol. The van der Waals surface area contributed by atoms with Crippen LogP contribution < -0.4 is 4.74 Å². The largest absolute Gasteiger partial charge is 0.477 e. The van der Waals surface area contributed by atoms with Crippen LogP contribution in [0, 0.1) is 5.41 Å². The maximum atomic E-state index is 12.5. The van der Waals surface area contributed by atoms with Crippen LogP contribution in [0.4, 0.5) is 0 Å². The van der Waals surface area contributed by atoms with Crippen LogP contribution >= 0.6 is 0 Å². The van der Waals surface area contributed by atoms with Gasteiger partial charge in [-0.25, -0.2) is 4.98 Å². The lowest BCUT2D eigenvalue weighted by Gasteiger charge is -2.50. The van der Waals surface area contributed by atoms with E-state index in [9.17, 15) is 4.79 Å². The Morgan fingerprint density at radius 2 is 2.38 bits per heavy atom. The normalized spacial score (nSPS) is 27.0. The molecule has 2 saturated heterocycles. The van der Waals surface area contributed by atoms with Gasteiger partial charge in [0.25, 0.3) is 0 Å². The lowest BCUT2D eigenvalue weighted by atomic mass is 9.73. The smallest absolute Gasteiger partial charge is 0.236 e. The molecule has 0 saturated carbocycles. The van der Waals surface area contributed by atoms with Crippen molar-refractivity contribution in [2.24, 2.45) is 5.41 Å². The van der Waals surface area contributed by atoms with Crippen molar-refractivity contribution >= 4 is 5.91 Å². The number of aromatic nitrogens is 1. The number of carbonyl (C=O) groups is 1. The van der Waals surface area contributed by atoms with Crippen molar-refractivity contribution in [1.82, 2.24) is 14.8 Å². The zero-order valence-electron chi connectivity index (χ0n) is 14.6. The van der Waals surface area contributed by atoms with Crippen LogP contribution in [-0.4, -0.2) is 73.7 Å². The molecule has 0 aliphatic carbocycles. The third-order valence-corrected chi connectivity index (χ3v) is 4.94. The fourth-order valence-electron chi connectivity index (χ4n) is 3.73. The molecule has 132 valence electrons. The van der Waals surface area contributed by atoms with Crippen molar-refractivity contribution in [1.29, 1.82) is 0 Å². The summed E-state index contributed by atoms with van der Waals surface area (Å²) in [6, 6.07) is 5.66. The van der Waals surface area contributed by atoms with E-state index in [1.807, 2.05) is 42.1 Å². The van der Waals surface area contributed by atoms with Gasteiger partial charge in [-0.1, -0.05) is 6.07 Å². The van der Waals surface area contributed by atoms with Crippen LogP contribution in [0.3, 0.4) is 0 Å². The number of ether oxygens (including phenoxy) is 2. The first-order chi connectivity index (χ1) is 11.6. The van der Waals surface area contributed by atoms with Gasteiger partial charge in [0.2, 0.25) is 11.8 Å². The highest BCUT2D eigenvalue weighted by Crippen LogP contribution is 2.40. The van der Waals surface area contributed by atoms with E-state index in [1.165, 1.54) is 0 Å². The number of hydrogen-bond donors (Lipinski definition) is 0. The number of likely N-dealkylation sites (N-methyl/N-ethyl adjacent to an activating group) is 1. The van der Waals surface area contributed by atoms with Gasteiger partial charge in [-0.05, 0) is 39.4 Å². The van der Waals surface area contributed by atoms with Crippen molar-refractivity contribution in [3.05, 3.63) is 24.4 Å². The van der Waals surface area contributed by atoms with Crippen molar-refractivity contribution in [2.45, 2.75) is 25.4 Å². The van der Waals surface area contributed by atoms with E-state index in [2.05, 4.69) is 4.98 Å². The lowest BCUT2D eigenvalue weighted by molar-refractivity contribution is -0.158. The van der Waals surface area contributed by atoms with Crippen molar-refractivity contribution in [2.75, 3.05) is 46.9 Å². The topological polar surface area (TPSA) is 54.9 Å². The van der Waals surface area contributed by atoms with E-state index in [0.29, 0.717) is 25.6 Å². The Morgan fingerprint density at radius 1 is 1.50 bits per heavy atom. The minimum atomic E-state index is -0.129. The van der Waals surface area contributed by atoms with Crippen LogP contribution in [0.2, 0.25) is 0 Å². The first-order valence-electron chi connectivity index (χ1n) is 8.67. The Bertz CT molecular complexity index is 552. The zero-order valence-corrected chi connectivity index (χ0v) is 14.6. The van der Waals surface area contributed by atoms with E-state index in [-0.39, 0.29) is 17.4 Å². The van der Waals surface area contributed by atoms with Gasteiger partial charge in [0, 0.05) is 37.4 Å². The average molecular weight is 333 g/mol. The van der Waals surface area contributed by atoms with E-state index in [0.717, 1.165) is 32.4 Å². The van der Waals surface area contributed by atoms with E-state index < -0.39 is 0 Å². The molecular formula is C18H27N3O3. The fourth-order valence-corrected chi connectivity index (χ4v) is 3.73. The van der Waals surface area contributed by atoms with E-state index >= 15 is 0 Å². The quantitative estimate of drug-likeness (QED) is 0.816. The van der Waals surface area contributed by atoms with Crippen LogP contribution in [0.25, 0.3) is 0 Å². The highest BCUT2D eigenvalue weighted by molar-refractivity contribution is 5.78. The summed E-state index contributed by atoms with van der Waals surface area (Å²) in [5.74, 6) is 0.814. The van der Waals surface area contributed by atoms with Crippen molar-refractivity contribution < 1.29 is 14.3 Å². The number of rotatable bonds is 5. The van der Waals surface area contributed by atoms with Crippen LogP contribution in [0.1, 0.15) is 19.3 Å². The highest BCUT2D eigenvalue weighted by atomic mass is 16.5. The Labute approximate surface area is 143 Å². The van der Waals surface area contributed by atoms with Gasteiger partial charge >= 0.3 is 0 Å². The number of fused-ring (bicyclic) bond motifs is 1. The van der Waals surface area contributed by atoms with Crippen molar-refractivity contribution in [3.8, 4) is 5.88 Å². The minimum absolute atomic E-state index is 0.129. The summed E-state index contributed by atoms with van der Waals surface area (Å²) in [6.07, 6.45) is 4.81. The van der Waals surface area contributed by atoms with E-state index in [1.54, 1.807) is 6.20 Å². The van der Waals surface area contributed by atoms with Gasteiger partial charge in [-0.15, -0.1) is 0 Å². The molecule has 1 aromatic rings. The molecule has 0 unspecified atom stereocenters. The molecule has 0 spiro atoms. The van der Waals surface area contributed by atoms with Gasteiger partial charge in [0.05, 0.1) is 19.3 Å². The van der Waals surface area contributed by atoms with Gasteiger partial charge in [-0.2, -0.15) is 0 Å². The maximum absolute atomic E-state index is 12.5. The first-order valence-corrected chi connectivity index (χ1v) is 8.67. The monoisotopic (exact) mass is 333 g/mol. The lowest BCUT2D eigenvalue weighted by Crippen LogP contribution is -2.59. The Kier molecular flexibility index (Phi) is 5.36. The van der Waals surface area contributed by atoms with Crippen molar-refractivity contribution in [3.63, 3.8) is 0 Å². The molecule has 24 heavy (non-hydrogen) atoms. The fraction of sp³-hybridized carbons (Fsp3) is 0.667. The number of pyridine rings is 1. The highest BCUT2D eigenvalue weighted by Gasteiger charge is 2.47. The Balaban J connectivity index is 1.70. The molecule has 2 atom stereocenters. The maximum Gasteiger partial charge on any atom is 0.236 e. The summed E-state index contributed by atoms with van der Waals surface area (Å²) < 4.78 is 12.0. The molecule has 0 aromatic carbocycles. The molecule has 6 nitrogen and oxygen atoms in total. The SMILES string of the molecule is CN(C)CC(=O)N1CC[C@@H]2OCCC[C@@]2(COc2ccccn2)C1. The zero-order chi connectivity index (χ0) is 17.0. The number of likely N-dealkylation sites (tertiary alicyclic amines) is 1. The molecule has 1 aromatic heterocycles. The molecule has 0 N–H and O–H groups in total. The van der Waals surface area contributed by atoms with Gasteiger partial charge in [-0.3, -0.25) is 4.79 Å². The molecule has 0 radical (unpaired) electrons. The number of nitrogens with zero attached hydrogens (tertiary/aromatic N) is 3. The third-order valence-electron chi connectivity index (χ3n) is 4.94. The molecular weight excluding hydrogens is 306 g/mol. The van der Waals surface area contributed by atoms with Gasteiger partial charge in [0.1, 0.15) is 0 Å². The number of amides is 1.